The van der Waals surface area contributed by atoms with Gasteiger partial charge in [0.25, 0.3) is 0 Å². The third kappa shape index (κ3) is 3.89. The third-order valence-electron chi connectivity index (χ3n) is 5.83. The average Bonchev–Trinajstić information content (AvgIpc) is 2.94. The molecule has 2 heterocycles. The fourth-order valence-electron chi connectivity index (χ4n) is 4.30. The van der Waals surface area contributed by atoms with Crippen LogP contribution in [-0.2, 0) is 19.6 Å². The van der Waals surface area contributed by atoms with Gasteiger partial charge in [-0.05, 0) is 50.0 Å². The van der Waals surface area contributed by atoms with Gasteiger partial charge in [-0.15, -0.1) is 0 Å². The number of anilines is 1. The van der Waals surface area contributed by atoms with Crippen LogP contribution in [0.3, 0.4) is 0 Å². The highest BCUT2D eigenvalue weighted by Gasteiger charge is 2.27. The Bertz CT molecular complexity index is 1220. The quantitative estimate of drug-likeness (QED) is 0.377. The largest absolute Gasteiger partial charge is 0.453 e. The van der Waals surface area contributed by atoms with Gasteiger partial charge in [-0.1, -0.05) is 54.1 Å². The van der Waals surface area contributed by atoms with Crippen LogP contribution in [0.1, 0.15) is 11.3 Å². The maximum absolute atomic E-state index is 6.59. The molecule has 0 N–H and O–H groups in total. The minimum Gasteiger partial charge on any atom is -0.453 e. The van der Waals surface area contributed by atoms with E-state index in [4.69, 9.17) is 16.3 Å². The van der Waals surface area contributed by atoms with Crippen LogP contribution in [0.2, 0.25) is 5.02 Å². The van der Waals surface area contributed by atoms with Crippen molar-refractivity contribution in [2.24, 2.45) is 0 Å². The standard InChI is InChI=1S/C26H26ClN3O/c1-28(2)14-15-30-23-16-20(27)12-13-21(23)26-24(30)18-29(17-19-8-4-3-5-9-19)22-10-6-7-11-25(22)31-26/h3-13,16H,14-15,17-18H2,1-2H3. The molecule has 4 nitrogen and oxygen atoms in total. The SMILES string of the molecule is CN(C)CCn1c2c(c3ccc(Cl)cc31)Oc1ccccc1N(Cc1ccccc1)C2. The molecule has 1 aromatic heterocycles. The normalized spacial score (nSPS) is 13.1. The van der Waals surface area contributed by atoms with Gasteiger partial charge < -0.3 is 19.1 Å². The zero-order valence-corrected chi connectivity index (χ0v) is 18.6. The summed E-state index contributed by atoms with van der Waals surface area (Å²) in [6.07, 6.45) is 0. The van der Waals surface area contributed by atoms with E-state index >= 15 is 0 Å². The summed E-state index contributed by atoms with van der Waals surface area (Å²) >= 11 is 6.39. The number of likely N-dealkylation sites (N-methyl/N-ethyl adjacent to an activating group) is 1. The first-order valence-electron chi connectivity index (χ1n) is 10.6. The predicted molar refractivity (Wildman–Crippen MR) is 128 cm³/mol. The number of aromatic nitrogens is 1. The second-order valence-corrected chi connectivity index (χ2v) is 8.74. The molecule has 0 amide bonds. The van der Waals surface area contributed by atoms with E-state index in [2.05, 4.69) is 89.1 Å². The van der Waals surface area contributed by atoms with Gasteiger partial charge in [0.15, 0.2) is 11.5 Å². The Morgan fingerprint density at radius 2 is 1.74 bits per heavy atom. The molecule has 0 aliphatic carbocycles. The van der Waals surface area contributed by atoms with Crippen molar-refractivity contribution in [1.82, 2.24) is 9.47 Å². The number of nitrogens with zero attached hydrogens (tertiary/aromatic N) is 3. The summed E-state index contributed by atoms with van der Waals surface area (Å²) in [7, 11) is 4.21. The van der Waals surface area contributed by atoms with Gasteiger partial charge in [0.1, 0.15) is 0 Å². The van der Waals surface area contributed by atoms with Crippen molar-refractivity contribution in [2.75, 3.05) is 25.5 Å². The van der Waals surface area contributed by atoms with Gasteiger partial charge >= 0.3 is 0 Å². The monoisotopic (exact) mass is 431 g/mol. The highest BCUT2D eigenvalue weighted by atomic mass is 35.5. The molecule has 5 rings (SSSR count). The van der Waals surface area contributed by atoms with Crippen LogP contribution in [-0.4, -0.2) is 30.1 Å². The number of rotatable bonds is 5. The number of hydrogen-bond acceptors (Lipinski definition) is 3. The van der Waals surface area contributed by atoms with Crippen LogP contribution in [0.5, 0.6) is 11.5 Å². The molecule has 0 fully saturated rings. The fourth-order valence-corrected chi connectivity index (χ4v) is 4.46. The lowest BCUT2D eigenvalue weighted by Crippen LogP contribution is -2.25. The Balaban J connectivity index is 1.66. The molecular weight excluding hydrogens is 406 g/mol. The van der Waals surface area contributed by atoms with Crippen LogP contribution in [0.25, 0.3) is 10.9 Å². The van der Waals surface area contributed by atoms with Gasteiger partial charge in [-0.25, -0.2) is 0 Å². The molecule has 31 heavy (non-hydrogen) atoms. The summed E-state index contributed by atoms with van der Waals surface area (Å²) in [6.45, 7) is 3.39. The zero-order chi connectivity index (χ0) is 21.4. The number of benzene rings is 3. The van der Waals surface area contributed by atoms with E-state index in [-0.39, 0.29) is 0 Å². The predicted octanol–water partition coefficient (Wildman–Crippen LogP) is 6.17. The van der Waals surface area contributed by atoms with Gasteiger partial charge in [0.2, 0.25) is 0 Å². The molecule has 5 heteroatoms. The molecule has 3 aromatic carbocycles. The van der Waals surface area contributed by atoms with Crippen LogP contribution in [0, 0.1) is 0 Å². The van der Waals surface area contributed by atoms with Crippen molar-refractivity contribution >= 4 is 28.2 Å². The van der Waals surface area contributed by atoms with E-state index in [0.717, 1.165) is 59.3 Å². The van der Waals surface area contributed by atoms with Gasteiger partial charge in [0, 0.05) is 30.0 Å². The number of ether oxygens (including phenoxy) is 1. The molecular formula is C26H26ClN3O. The third-order valence-corrected chi connectivity index (χ3v) is 6.06. The molecule has 0 spiro atoms. The van der Waals surface area contributed by atoms with E-state index in [0.29, 0.717) is 0 Å². The van der Waals surface area contributed by atoms with E-state index < -0.39 is 0 Å². The highest BCUT2D eigenvalue weighted by molar-refractivity contribution is 6.31. The van der Waals surface area contributed by atoms with Crippen LogP contribution < -0.4 is 9.64 Å². The van der Waals surface area contributed by atoms with E-state index in [9.17, 15) is 0 Å². The van der Waals surface area contributed by atoms with Gasteiger partial charge in [-0.2, -0.15) is 0 Å². The van der Waals surface area contributed by atoms with Crippen molar-refractivity contribution in [3.8, 4) is 11.5 Å². The molecule has 0 radical (unpaired) electrons. The highest BCUT2D eigenvalue weighted by Crippen LogP contribution is 2.44. The molecule has 1 aliphatic heterocycles. The van der Waals surface area contributed by atoms with Crippen molar-refractivity contribution in [3.05, 3.63) is 89.1 Å². The number of para-hydroxylation sites is 2. The molecule has 0 saturated carbocycles. The van der Waals surface area contributed by atoms with Crippen LogP contribution >= 0.6 is 11.6 Å². The topological polar surface area (TPSA) is 20.6 Å². The first-order chi connectivity index (χ1) is 15.1. The van der Waals surface area contributed by atoms with E-state index in [1.54, 1.807) is 0 Å². The van der Waals surface area contributed by atoms with E-state index in [1.165, 1.54) is 11.3 Å². The first kappa shape index (κ1) is 20.0. The number of fused-ring (bicyclic) bond motifs is 4. The Hall–Kier alpha value is -2.95. The van der Waals surface area contributed by atoms with Crippen molar-refractivity contribution < 1.29 is 4.74 Å². The maximum Gasteiger partial charge on any atom is 0.158 e. The summed E-state index contributed by atoms with van der Waals surface area (Å²) in [5.74, 6) is 1.83. The Morgan fingerprint density at radius 1 is 0.968 bits per heavy atom. The summed E-state index contributed by atoms with van der Waals surface area (Å²) in [6, 6.07) is 25.0. The summed E-state index contributed by atoms with van der Waals surface area (Å²) in [5, 5.41) is 1.85. The second kappa shape index (κ2) is 8.29. The number of halogens is 1. The lowest BCUT2D eigenvalue weighted by atomic mass is 10.2. The maximum atomic E-state index is 6.59. The molecule has 1 aliphatic rings. The fraction of sp³-hybridized carbons (Fsp3) is 0.231. The van der Waals surface area contributed by atoms with Gasteiger partial charge in [-0.3, -0.25) is 0 Å². The zero-order valence-electron chi connectivity index (χ0n) is 17.9. The molecule has 158 valence electrons. The summed E-state index contributed by atoms with van der Waals surface area (Å²) < 4.78 is 8.97. The lowest BCUT2D eigenvalue weighted by molar-refractivity contribution is 0.382. The lowest BCUT2D eigenvalue weighted by Gasteiger charge is -2.25. The molecule has 0 bridgehead atoms. The Labute approximate surface area is 188 Å². The van der Waals surface area contributed by atoms with Crippen LogP contribution in [0.4, 0.5) is 5.69 Å². The number of hydrogen-bond donors (Lipinski definition) is 0. The van der Waals surface area contributed by atoms with Crippen molar-refractivity contribution in [1.29, 1.82) is 0 Å². The molecule has 0 atom stereocenters. The van der Waals surface area contributed by atoms with Crippen LogP contribution in [0.15, 0.2) is 72.8 Å². The average molecular weight is 432 g/mol. The van der Waals surface area contributed by atoms with Gasteiger partial charge in [0.05, 0.1) is 23.4 Å². The Morgan fingerprint density at radius 3 is 2.55 bits per heavy atom. The molecule has 4 aromatic rings. The van der Waals surface area contributed by atoms with E-state index in [1.807, 2.05) is 12.1 Å². The summed E-state index contributed by atoms with van der Waals surface area (Å²) in [4.78, 5) is 4.61. The van der Waals surface area contributed by atoms with Crippen molar-refractivity contribution in [2.45, 2.75) is 19.6 Å². The molecule has 0 unspecified atom stereocenters. The minimum absolute atomic E-state index is 0.743. The Kier molecular flexibility index (Phi) is 5.34. The minimum atomic E-state index is 0.743. The second-order valence-electron chi connectivity index (χ2n) is 8.30. The molecule has 0 saturated heterocycles. The van der Waals surface area contributed by atoms with Crippen molar-refractivity contribution in [3.63, 3.8) is 0 Å². The smallest absolute Gasteiger partial charge is 0.158 e. The first-order valence-corrected chi connectivity index (χ1v) is 11.0. The summed E-state index contributed by atoms with van der Waals surface area (Å²) in [5.41, 5.74) is 4.70.